The average molecular weight is 388 g/mol. The number of likely N-dealkylation sites (N-methyl/N-ethyl adjacent to an activating group) is 1. The molecule has 1 saturated heterocycles. The first-order valence-electron chi connectivity index (χ1n) is 11.1. The molecule has 5 heteroatoms. The Kier molecular flexibility index (Phi) is 10.4. The van der Waals surface area contributed by atoms with Crippen LogP contribution >= 0.6 is 0 Å². The second-order valence-electron chi connectivity index (χ2n) is 8.19. The Morgan fingerprint density at radius 3 is 2.57 bits per heavy atom. The molecule has 0 aromatic heterocycles. The fourth-order valence-electron chi connectivity index (χ4n) is 3.54. The summed E-state index contributed by atoms with van der Waals surface area (Å²) in [5, 5.41) is 6.87. The molecule has 0 bridgehead atoms. The number of aryl methyl sites for hydroxylation is 1. The zero-order valence-electron chi connectivity index (χ0n) is 18.5. The Hall–Kier alpha value is -1.59. The third-order valence-electron chi connectivity index (χ3n) is 5.42. The van der Waals surface area contributed by atoms with E-state index in [9.17, 15) is 0 Å². The van der Waals surface area contributed by atoms with Crippen LogP contribution in [0.15, 0.2) is 29.3 Å². The summed E-state index contributed by atoms with van der Waals surface area (Å²) >= 11 is 0. The maximum atomic E-state index is 4.76. The summed E-state index contributed by atoms with van der Waals surface area (Å²) in [6, 6.07) is 9.05. The van der Waals surface area contributed by atoms with Gasteiger partial charge in [0.2, 0.25) is 0 Å². The molecule has 2 N–H and O–H groups in total. The normalized spacial score (nSPS) is 17.0. The van der Waals surface area contributed by atoms with E-state index in [1.54, 1.807) is 0 Å². The zero-order valence-corrected chi connectivity index (χ0v) is 18.5. The van der Waals surface area contributed by atoms with Gasteiger partial charge in [-0.2, -0.15) is 0 Å². The van der Waals surface area contributed by atoms with Crippen molar-refractivity contribution >= 4 is 5.96 Å². The molecule has 1 heterocycles. The van der Waals surface area contributed by atoms with Gasteiger partial charge < -0.3 is 20.4 Å². The first-order valence-corrected chi connectivity index (χ1v) is 11.1. The van der Waals surface area contributed by atoms with E-state index in [2.05, 4.69) is 72.5 Å². The van der Waals surface area contributed by atoms with Gasteiger partial charge in [-0.1, -0.05) is 38.1 Å². The number of rotatable bonds is 9. The fraction of sp³-hybridized carbons (Fsp3) is 0.696. The van der Waals surface area contributed by atoms with Crippen molar-refractivity contribution in [3.63, 3.8) is 0 Å². The van der Waals surface area contributed by atoms with Crippen LogP contribution < -0.4 is 10.6 Å². The molecule has 0 radical (unpaired) electrons. The molecule has 0 saturated carbocycles. The lowest BCUT2D eigenvalue weighted by molar-refractivity contribution is 0.280. The highest BCUT2D eigenvalue weighted by Crippen LogP contribution is 2.15. The van der Waals surface area contributed by atoms with Gasteiger partial charge in [0.05, 0.1) is 0 Å². The van der Waals surface area contributed by atoms with Crippen molar-refractivity contribution in [2.45, 2.75) is 46.0 Å². The van der Waals surface area contributed by atoms with E-state index in [1.807, 2.05) is 0 Å². The van der Waals surface area contributed by atoms with Gasteiger partial charge in [-0.05, 0) is 63.4 Å². The largest absolute Gasteiger partial charge is 0.357 e. The molecular weight excluding hydrogens is 346 g/mol. The Bertz CT molecular complexity index is 567. The maximum Gasteiger partial charge on any atom is 0.191 e. The molecule has 0 unspecified atom stereocenters. The smallest absolute Gasteiger partial charge is 0.191 e. The zero-order chi connectivity index (χ0) is 20.2. The van der Waals surface area contributed by atoms with Crippen molar-refractivity contribution in [1.29, 1.82) is 0 Å². The molecule has 1 fully saturated rings. The van der Waals surface area contributed by atoms with E-state index in [-0.39, 0.29) is 0 Å². The predicted octanol–water partition coefficient (Wildman–Crippen LogP) is 2.94. The molecule has 0 aliphatic carbocycles. The molecule has 0 atom stereocenters. The minimum atomic E-state index is 0.600. The summed E-state index contributed by atoms with van der Waals surface area (Å²) in [5.41, 5.74) is 2.82. The highest BCUT2D eigenvalue weighted by atomic mass is 15.2. The minimum Gasteiger partial charge on any atom is -0.357 e. The molecule has 158 valence electrons. The van der Waals surface area contributed by atoms with Gasteiger partial charge >= 0.3 is 0 Å². The minimum absolute atomic E-state index is 0.600. The van der Waals surface area contributed by atoms with Gasteiger partial charge in [-0.15, -0.1) is 0 Å². The summed E-state index contributed by atoms with van der Waals surface area (Å²) in [4.78, 5) is 9.74. The number of nitrogens with zero attached hydrogens (tertiary/aromatic N) is 3. The highest BCUT2D eigenvalue weighted by Gasteiger charge is 2.11. The first-order chi connectivity index (χ1) is 13.6. The number of hydrogen-bond donors (Lipinski definition) is 2. The Labute approximate surface area is 172 Å². The quantitative estimate of drug-likeness (QED) is 0.388. The van der Waals surface area contributed by atoms with Crippen molar-refractivity contribution in [2.24, 2.45) is 4.99 Å². The predicted molar refractivity (Wildman–Crippen MR) is 121 cm³/mol. The van der Waals surface area contributed by atoms with Crippen LogP contribution in [0.4, 0.5) is 0 Å². The van der Waals surface area contributed by atoms with E-state index >= 15 is 0 Å². The molecule has 1 aliphatic rings. The number of benzene rings is 1. The summed E-state index contributed by atoms with van der Waals surface area (Å²) in [6.07, 6.45) is 3.43. The maximum absolute atomic E-state index is 4.76. The second kappa shape index (κ2) is 12.8. The molecule has 5 nitrogen and oxygen atoms in total. The van der Waals surface area contributed by atoms with Crippen LogP contribution in [0, 0.1) is 0 Å². The van der Waals surface area contributed by atoms with Gasteiger partial charge in [0.1, 0.15) is 0 Å². The van der Waals surface area contributed by atoms with E-state index in [1.165, 1.54) is 43.7 Å². The van der Waals surface area contributed by atoms with E-state index in [0.29, 0.717) is 5.92 Å². The third-order valence-corrected chi connectivity index (χ3v) is 5.42. The average Bonchev–Trinajstić information content (AvgIpc) is 2.89. The Morgan fingerprint density at radius 1 is 1.07 bits per heavy atom. The summed E-state index contributed by atoms with van der Waals surface area (Å²) in [6.45, 7) is 15.2. The fourth-order valence-corrected chi connectivity index (χ4v) is 3.54. The first kappa shape index (κ1) is 22.7. The second-order valence-corrected chi connectivity index (χ2v) is 8.19. The molecule has 28 heavy (non-hydrogen) atoms. The molecule has 1 aliphatic heterocycles. The SMILES string of the molecule is CCNC(=NCCCc1ccc(C(C)C)cc1)NCCN1CCCN(C)CC1. The van der Waals surface area contributed by atoms with Gasteiger partial charge in [-0.25, -0.2) is 0 Å². The summed E-state index contributed by atoms with van der Waals surface area (Å²) in [5.74, 6) is 1.55. The Morgan fingerprint density at radius 2 is 1.86 bits per heavy atom. The van der Waals surface area contributed by atoms with Crippen molar-refractivity contribution in [1.82, 2.24) is 20.4 Å². The van der Waals surface area contributed by atoms with Crippen LogP contribution in [-0.4, -0.2) is 75.2 Å². The standard InChI is InChI=1S/C23H41N5/c1-5-24-23(26-14-17-28-16-7-15-27(4)18-19-28)25-13-6-8-21-9-11-22(12-10-21)20(2)3/h9-12,20H,5-8,13-19H2,1-4H3,(H2,24,25,26). The van der Waals surface area contributed by atoms with Gasteiger partial charge in [-0.3, -0.25) is 4.99 Å². The molecule has 2 rings (SSSR count). The summed E-state index contributed by atoms with van der Waals surface area (Å²) < 4.78 is 0. The molecule has 1 aromatic rings. The third kappa shape index (κ3) is 8.61. The number of nitrogens with one attached hydrogen (secondary N) is 2. The van der Waals surface area contributed by atoms with Crippen molar-refractivity contribution < 1.29 is 0 Å². The van der Waals surface area contributed by atoms with Crippen molar-refractivity contribution in [3.05, 3.63) is 35.4 Å². The number of aliphatic imine (C=N–C) groups is 1. The number of guanidine groups is 1. The van der Waals surface area contributed by atoms with Crippen LogP contribution in [0.25, 0.3) is 0 Å². The van der Waals surface area contributed by atoms with Crippen LogP contribution in [0.2, 0.25) is 0 Å². The van der Waals surface area contributed by atoms with Gasteiger partial charge in [0, 0.05) is 39.3 Å². The van der Waals surface area contributed by atoms with Gasteiger partial charge in [0.15, 0.2) is 5.96 Å². The number of hydrogen-bond acceptors (Lipinski definition) is 3. The van der Waals surface area contributed by atoms with E-state index < -0.39 is 0 Å². The van der Waals surface area contributed by atoms with Gasteiger partial charge in [0.25, 0.3) is 0 Å². The van der Waals surface area contributed by atoms with Crippen molar-refractivity contribution in [3.8, 4) is 0 Å². The lowest BCUT2D eigenvalue weighted by Gasteiger charge is -2.21. The van der Waals surface area contributed by atoms with Crippen LogP contribution in [-0.2, 0) is 6.42 Å². The lowest BCUT2D eigenvalue weighted by Crippen LogP contribution is -2.42. The molecule has 1 aromatic carbocycles. The summed E-state index contributed by atoms with van der Waals surface area (Å²) in [7, 11) is 2.22. The topological polar surface area (TPSA) is 42.9 Å². The Balaban J connectivity index is 1.69. The van der Waals surface area contributed by atoms with Crippen molar-refractivity contribution in [2.75, 3.05) is 59.4 Å². The molecule has 0 spiro atoms. The van der Waals surface area contributed by atoms with Crippen LogP contribution in [0.3, 0.4) is 0 Å². The van der Waals surface area contributed by atoms with Crippen LogP contribution in [0.5, 0.6) is 0 Å². The lowest BCUT2D eigenvalue weighted by atomic mass is 10.0. The van der Waals surface area contributed by atoms with E-state index in [4.69, 9.17) is 4.99 Å². The van der Waals surface area contributed by atoms with E-state index in [0.717, 1.165) is 45.0 Å². The molecular formula is C23H41N5. The highest BCUT2D eigenvalue weighted by molar-refractivity contribution is 5.79. The van der Waals surface area contributed by atoms with Crippen LogP contribution in [0.1, 0.15) is 50.7 Å². The molecule has 0 amide bonds. The monoisotopic (exact) mass is 387 g/mol.